The number of aryl methyl sites for hydroxylation is 1. The lowest BCUT2D eigenvalue weighted by atomic mass is 10.2. The van der Waals surface area contributed by atoms with Gasteiger partial charge < -0.3 is 4.74 Å². The molecular weight excluding hydrogens is 376 g/mol. The molecule has 3 aromatic rings. The van der Waals surface area contributed by atoms with Crippen LogP contribution in [0.5, 0.6) is 0 Å². The first-order chi connectivity index (χ1) is 13.5. The fourth-order valence-corrected chi connectivity index (χ4v) is 3.70. The third-order valence-electron chi connectivity index (χ3n) is 4.14. The van der Waals surface area contributed by atoms with Crippen LogP contribution in [0.2, 0.25) is 0 Å². The molecule has 2 aromatic heterocycles. The van der Waals surface area contributed by atoms with Gasteiger partial charge in [-0.25, -0.2) is 14.5 Å². The van der Waals surface area contributed by atoms with Crippen LogP contribution in [-0.2, 0) is 4.74 Å². The first kappa shape index (κ1) is 19.3. The molecule has 0 unspecified atom stereocenters. The van der Waals surface area contributed by atoms with E-state index in [0.717, 1.165) is 11.3 Å². The Morgan fingerprint density at radius 2 is 2.07 bits per heavy atom. The van der Waals surface area contributed by atoms with Crippen molar-refractivity contribution in [1.29, 1.82) is 5.26 Å². The third-order valence-corrected chi connectivity index (χ3v) is 5.32. The molecule has 0 aliphatic heterocycles. The summed E-state index contributed by atoms with van der Waals surface area (Å²) >= 11 is 1.08. The molecule has 0 saturated carbocycles. The Balaban J connectivity index is 2.01. The van der Waals surface area contributed by atoms with Crippen LogP contribution in [0.15, 0.2) is 40.1 Å². The first-order valence-corrected chi connectivity index (χ1v) is 9.41. The second kappa shape index (κ2) is 8.06. The lowest BCUT2D eigenvalue weighted by Crippen LogP contribution is -2.17. The number of benzene rings is 1. The summed E-state index contributed by atoms with van der Waals surface area (Å²) in [6.45, 7) is 5.43. The van der Waals surface area contributed by atoms with Crippen molar-refractivity contribution < 1.29 is 9.53 Å². The summed E-state index contributed by atoms with van der Waals surface area (Å²) in [5, 5.41) is 12.8. The summed E-state index contributed by atoms with van der Waals surface area (Å²) in [6.07, 6.45) is 1.43. The maximum absolute atomic E-state index is 12.7. The summed E-state index contributed by atoms with van der Waals surface area (Å²) in [7, 11) is 0. The summed E-state index contributed by atoms with van der Waals surface area (Å²) in [5.74, 6) is -0.479. The number of nitriles is 1. The fourth-order valence-electron chi connectivity index (χ4n) is 2.71. The standard InChI is InChI=1S/C20H18N4O3S/c1-4-27-20(26)17-12(2)15(10-21)18(28-17)22-11-16-13(3)23-24(19(16)25)14-8-6-5-7-9-14/h5-9,11,23H,4H2,1-3H3. The second-order valence-corrected chi connectivity index (χ2v) is 6.95. The summed E-state index contributed by atoms with van der Waals surface area (Å²) < 4.78 is 6.46. The van der Waals surface area contributed by atoms with Crippen LogP contribution in [-0.4, -0.2) is 28.6 Å². The van der Waals surface area contributed by atoms with E-state index in [9.17, 15) is 14.9 Å². The van der Waals surface area contributed by atoms with E-state index in [1.807, 2.05) is 30.3 Å². The fraction of sp³-hybridized carbons (Fsp3) is 0.200. The minimum atomic E-state index is -0.479. The number of rotatable bonds is 5. The number of aromatic amines is 1. The van der Waals surface area contributed by atoms with Crippen molar-refractivity contribution in [2.75, 3.05) is 6.61 Å². The van der Waals surface area contributed by atoms with Crippen LogP contribution in [0.25, 0.3) is 5.69 Å². The summed E-state index contributed by atoms with van der Waals surface area (Å²) in [4.78, 5) is 29.5. The number of carbonyl (C=O) groups excluding carboxylic acids is 1. The number of H-pyrrole nitrogens is 1. The molecular formula is C20H18N4O3S. The topological polar surface area (TPSA) is 100 Å². The van der Waals surface area contributed by atoms with Crippen LogP contribution in [0, 0.1) is 25.2 Å². The first-order valence-electron chi connectivity index (χ1n) is 8.59. The molecule has 28 heavy (non-hydrogen) atoms. The molecule has 0 radical (unpaired) electrons. The number of ether oxygens (including phenoxy) is 1. The normalized spacial score (nSPS) is 10.9. The Bertz CT molecular complexity index is 1150. The zero-order chi connectivity index (χ0) is 20.3. The smallest absolute Gasteiger partial charge is 0.348 e. The van der Waals surface area contributed by atoms with E-state index in [0.29, 0.717) is 37.9 Å². The molecule has 0 aliphatic carbocycles. The van der Waals surface area contributed by atoms with Crippen molar-refractivity contribution in [1.82, 2.24) is 9.78 Å². The van der Waals surface area contributed by atoms with Gasteiger partial charge in [0.2, 0.25) is 0 Å². The van der Waals surface area contributed by atoms with E-state index in [2.05, 4.69) is 16.2 Å². The predicted molar refractivity (Wildman–Crippen MR) is 108 cm³/mol. The van der Waals surface area contributed by atoms with E-state index < -0.39 is 5.97 Å². The number of hydrogen-bond donors (Lipinski definition) is 1. The quantitative estimate of drug-likeness (QED) is 0.527. The minimum absolute atomic E-state index is 0.246. The zero-order valence-corrected chi connectivity index (χ0v) is 16.5. The van der Waals surface area contributed by atoms with Gasteiger partial charge in [-0.1, -0.05) is 18.2 Å². The highest BCUT2D eigenvalue weighted by atomic mass is 32.1. The van der Waals surface area contributed by atoms with Gasteiger partial charge in [-0.05, 0) is 38.5 Å². The number of aliphatic imine (C=N–C) groups is 1. The number of nitrogens with zero attached hydrogens (tertiary/aromatic N) is 3. The van der Waals surface area contributed by atoms with E-state index in [1.54, 1.807) is 20.8 Å². The van der Waals surface area contributed by atoms with Crippen LogP contribution >= 0.6 is 11.3 Å². The Morgan fingerprint density at radius 3 is 2.71 bits per heavy atom. The zero-order valence-electron chi connectivity index (χ0n) is 15.6. The number of para-hydroxylation sites is 1. The van der Waals surface area contributed by atoms with Crippen molar-refractivity contribution in [3.8, 4) is 11.8 Å². The van der Waals surface area contributed by atoms with E-state index in [1.165, 1.54) is 10.9 Å². The number of esters is 1. The Labute approximate surface area is 165 Å². The molecule has 0 amide bonds. The van der Waals surface area contributed by atoms with Gasteiger partial charge in [-0.15, -0.1) is 11.3 Å². The molecule has 8 heteroatoms. The highest BCUT2D eigenvalue weighted by molar-refractivity contribution is 7.18. The Hall–Kier alpha value is -3.44. The number of carbonyl (C=O) groups is 1. The molecule has 1 aromatic carbocycles. The van der Waals surface area contributed by atoms with Gasteiger partial charge in [0.15, 0.2) is 0 Å². The van der Waals surface area contributed by atoms with E-state index in [4.69, 9.17) is 4.74 Å². The van der Waals surface area contributed by atoms with Crippen molar-refractivity contribution in [3.05, 3.63) is 67.9 Å². The minimum Gasteiger partial charge on any atom is -0.462 e. The molecule has 3 rings (SSSR count). The van der Waals surface area contributed by atoms with Crippen LogP contribution in [0.1, 0.15) is 39.0 Å². The molecule has 0 aliphatic rings. The molecule has 7 nitrogen and oxygen atoms in total. The van der Waals surface area contributed by atoms with Crippen molar-refractivity contribution >= 4 is 28.5 Å². The number of thiophene rings is 1. The molecule has 0 spiro atoms. The summed E-state index contributed by atoms with van der Waals surface area (Å²) in [6, 6.07) is 11.3. The Morgan fingerprint density at radius 1 is 1.36 bits per heavy atom. The van der Waals surface area contributed by atoms with Gasteiger partial charge in [0, 0.05) is 11.9 Å². The maximum Gasteiger partial charge on any atom is 0.348 e. The predicted octanol–water partition coefficient (Wildman–Crippen LogP) is 3.64. The number of hydrogen-bond acceptors (Lipinski definition) is 6. The van der Waals surface area contributed by atoms with Crippen molar-refractivity contribution in [3.63, 3.8) is 0 Å². The molecule has 0 fully saturated rings. The Kier molecular flexibility index (Phi) is 5.57. The van der Waals surface area contributed by atoms with Gasteiger partial charge in [-0.3, -0.25) is 9.89 Å². The summed E-state index contributed by atoms with van der Waals surface area (Å²) in [5.41, 5.74) is 2.34. The molecule has 0 atom stereocenters. The van der Waals surface area contributed by atoms with Crippen molar-refractivity contribution in [2.45, 2.75) is 20.8 Å². The van der Waals surface area contributed by atoms with Crippen LogP contribution in [0.3, 0.4) is 0 Å². The van der Waals surface area contributed by atoms with Gasteiger partial charge in [-0.2, -0.15) is 5.26 Å². The average Bonchev–Trinajstić information content (AvgIpc) is 3.16. The van der Waals surface area contributed by atoms with Crippen molar-refractivity contribution in [2.24, 2.45) is 4.99 Å². The third kappa shape index (κ3) is 3.52. The van der Waals surface area contributed by atoms with E-state index in [-0.39, 0.29) is 12.2 Å². The van der Waals surface area contributed by atoms with Gasteiger partial charge in [0.25, 0.3) is 5.56 Å². The molecule has 0 saturated heterocycles. The highest BCUT2D eigenvalue weighted by Gasteiger charge is 2.21. The van der Waals surface area contributed by atoms with Crippen LogP contribution < -0.4 is 5.56 Å². The molecule has 0 bridgehead atoms. The number of nitrogens with one attached hydrogen (secondary N) is 1. The monoisotopic (exact) mass is 394 g/mol. The average molecular weight is 394 g/mol. The van der Waals surface area contributed by atoms with Gasteiger partial charge in [0.05, 0.1) is 23.4 Å². The SMILES string of the molecule is CCOC(=O)c1sc(N=Cc2c(C)[nH]n(-c3ccccc3)c2=O)c(C#N)c1C. The van der Waals surface area contributed by atoms with Gasteiger partial charge in [0.1, 0.15) is 15.9 Å². The lowest BCUT2D eigenvalue weighted by Gasteiger charge is -1.99. The molecule has 142 valence electrons. The maximum atomic E-state index is 12.7. The van der Waals surface area contributed by atoms with Crippen LogP contribution in [0.4, 0.5) is 5.00 Å². The highest BCUT2D eigenvalue weighted by Crippen LogP contribution is 2.35. The molecule has 1 N–H and O–H groups in total. The lowest BCUT2D eigenvalue weighted by molar-refractivity contribution is 0.0531. The second-order valence-electron chi connectivity index (χ2n) is 5.95. The van der Waals surface area contributed by atoms with Gasteiger partial charge >= 0.3 is 5.97 Å². The van der Waals surface area contributed by atoms with E-state index >= 15 is 0 Å². The largest absolute Gasteiger partial charge is 0.462 e. The molecule has 2 heterocycles. The number of aromatic nitrogens is 2.